The van der Waals surface area contributed by atoms with Crippen LogP contribution in [0.5, 0.6) is 0 Å². The van der Waals surface area contributed by atoms with E-state index in [1.165, 1.54) is 43.3 Å². The third-order valence-corrected chi connectivity index (χ3v) is 11.0. The SMILES string of the molecule is C=C1CC[C@H](O)C/C1=C/C=C1\CCC[C@]2(C)[C@@H]([C@H](C)CCCS(=N)(=O)c3ccccc3)CC[C@@H]12. The molecule has 186 valence electrons. The van der Waals surface area contributed by atoms with E-state index >= 15 is 0 Å². The first kappa shape index (κ1) is 25.4. The topological polar surface area (TPSA) is 61.1 Å². The fourth-order valence-corrected chi connectivity index (χ4v) is 8.58. The zero-order chi connectivity index (χ0) is 24.3. The lowest BCUT2D eigenvalue weighted by Crippen LogP contribution is -2.36. The molecular weight excluding hydrogens is 438 g/mol. The Hall–Kier alpha value is -1.65. The van der Waals surface area contributed by atoms with E-state index in [0.717, 1.165) is 32.1 Å². The summed E-state index contributed by atoms with van der Waals surface area (Å²) >= 11 is 0. The molecule has 3 saturated carbocycles. The van der Waals surface area contributed by atoms with Crippen molar-refractivity contribution in [3.63, 3.8) is 0 Å². The maximum Gasteiger partial charge on any atom is 0.0726 e. The van der Waals surface area contributed by atoms with Crippen LogP contribution in [0.4, 0.5) is 0 Å². The van der Waals surface area contributed by atoms with Gasteiger partial charge in [-0.05, 0) is 105 Å². The van der Waals surface area contributed by atoms with Crippen LogP contribution in [0.15, 0.2) is 70.7 Å². The number of aliphatic hydroxyl groups is 1. The number of aliphatic hydroxyl groups excluding tert-OH is 1. The van der Waals surface area contributed by atoms with E-state index in [1.54, 1.807) is 5.57 Å². The summed E-state index contributed by atoms with van der Waals surface area (Å²) in [6.07, 6.45) is 15.1. The molecule has 6 atom stereocenters. The highest BCUT2D eigenvalue weighted by Gasteiger charge is 2.50. The normalized spacial score (nSPS) is 34.7. The largest absolute Gasteiger partial charge is 0.393 e. The van der Waals surface area contributed by atoms with Gasteiger partial charge in [0.15, 0.2) is 0 Å². The number of hydrogen-bond acceptors (Lipinski definition) is 3. The van der Waals surface area contributed by atoms with Crippen LogP contribution >= 0.6 is 0 Å². The lowest BCUT2D eigenvalue weighted by atomic mass is 9.61. The molecule has 3 aliphatic carbocycles. The Morgan fingerprint density at radius 3 is 2.74 bits per heavy atom. The zero-order valence-electron chi connectivity index (χ0n) is 21.1. The average molecular weight is 482 g/mol. The van der Waals surface area contributed by atoms with Crippen LogP contribution in [0.25, 0.3) is 0 Å². The molecule has 34 heavy (non-hydrogen) atoms. The molecule has 0 aliphatic heterocycles. The van der Waals surface area contributed by atoms with Crippen LogP contribution in [-0.4, -0.2) is 21.2 Å². The molecule has 0 spiro atoms. The maximum absolute atomic E-state index is 12.9. The summed E-state index contributed by atoms with van der Waals surface area (Å²) in [5.41, 5.74) is 4.37. The second-order valence-corrected chi connectivity index (χ2v) is 13.6. The Bertz CT molecular complexity index is 1040. The van der Waals surface area contributed by atoms with Gasteiger partial charge in [0.25, 0.3) is 0 Å². The fraction of sp³-hybridized carbons (Fsp3) is 0.600. The second kappa shape index (κ2) is 10.5. The molecule has 3 fully saturated rings. The summed E-state index contributed by atoms with van der Waals surface area (Å²) in [5, 5.41) is 10.1. The fourth-order valence-electron chi connectivity index (χ4n) is 7.18. The van der Waals surface area contributed by atoms with Crippen molar-refractivity contribution >= 4 is 9.73 Å². The van der Waals surface area contributed by atoms with Crippen molar-refractivity contribution in [1.29, 1.82) is 4.78 Å². The molecule has 1 aromatic rings. The molecule has 0 radical (unpaired) electrons. The van der Waals surface area contributed by atoms with Crippen LogP contribution in [0.3, 0.4) is 0 Å². The summed E-state index contributed by atoms with van der Waals surface area (Å²) in [4.78, 5) is 0.667. The van der Waals surface area contributed by atoms with E-state index < -0.39 is 9.73 Å². The summed E-state index contributed by atoms with van der Waals surface area (Å²) in [5.74, 6) is 2.39. The van der Waals surface area contributed by atoms with Gasteiger partial charge in [0, 0.05) is 10.6 Å². The van der Waals surface area contributed by atoms with Crippen LogP contribution in [0, 0.1) is 27.9 Å². The first-order chi connectivity index (χ1) is 16.2. The summed E-state index contributed by atoms with van der Waals surface area (Å²) < 4.78 is 21.3. The summed E-state index contributed by atoms with van der Waals surface area (Å²) in [6, 6.07) is 9.33. The number of fused-ring (bicyclic) bond motifs is 1. The minimum atomic E-state index is -2.69. The van der Waals surface area contributed by atoms with E-state index in [1.807, 2.05) is 30.3 Å². The van der Waals surface area contributed by atoms with Crippen molar-refractivity contribution in [3.05, 3.63) is 65.8 Å². The Labute approximate surface area is 207 Å². The zero-order valence-corrected chi connectivity index (χ0v) is 21.9. The molecule has 0 amide bonds. The van der Waals surface area contributed by atoms with Gasteiger partial charge in [-0.3, -0.25) is 0 Å². The van der Waals surface area contributed by atoms with Crippen molar-refractivity contribution < 1.29 is 9.32 Å². The molecule has 4 rings (SSSR count). The first-order valence-electron chi connectivity index (χ1n) is 13.3. The highest BCUT2D eigenvalue weighted by molar-refractivity contribution is 7.92. The number of nitrogens with one attached hydrogen (secondary N) is 1. The Balaban J connectivity index is 1.40. The van der Waals surface area contributed by atoms with Crippen molar-refractivity contribution in [3.8, 4) is 0 Å². The van der Waals surface area contributed by atoms with Crippen molar-refractivity contribution in [2.24, 2.45) is 23.2 Å². The number of rotatable bonds is 7. The van der Waals surface area contributed by atoms with Gasteiger partial charge >= 0.3 is 0 Å². The predicted molar refractivity (Wildman–Crippen MR) is 142 cm³/mol. The number of hydrogen-bond donors (Lipinski definition) is 2. The summed E-state index contributed by atoms with van der Waals surface area (Å²) in [6.45, 7) is 9.14. The maximum atomic E-state index is 12.9. The van der Waals surface area contributed by atoms with Crippen LogP contribution in [-0.2, 0) is 9.73 Å². The van der Waals surface area contributed by atoms with Gasteiger partial charge < -0.3 is 5.11 Å². The number of benzene rings is 1. The molecule has 0 bridgehead atoms. The molecule has 0 aromatic heterocycles. The highest BCUT2D eigenvalue weighted by Crippen LogP contribution is 2.59. The van der Waals surface area contributed by atoms with Crippen molar-refractivity contribution in [2.45, 2.75) is 89.1 Å². The molecular formula is C30H43NO2S. The molecule has 4 heteroatoms. The van der Waals surface area contributed by atoms with E-state index in [4.69, 9.17) is 4.78 Å². The van der Waals surface area contributed by atoms with Gasteiger partial charge in [0.05, 0.1) is 15.8 Å². The van der Waals surface area contributed by atoms with E-state index in [0.29, 0.717) is 33.8 Å². The molecule has 2 N–H and O–H groups in total. The average Bonchev–Trinajstić information content (AvgIpc) is 3.17. The molecule has 3 aliphatic rings. The van der Waals surface area contributed by atoms with Gasteiger partial charge in [-0.2, -0.15) is 0 Å². The van der Waals surface area contributed by atoms with Crippen molar-refractivity contribution in [1.82, 2.24) is 0 Å². The van der Waals surface area contributed by atoms with Gasteiger partial charge in [-0.25, -0.2) is 8.99 Å². The van der Waals surface area contributed by atoms with Crippen LogP contribution < -0.4 is 0 Å². The Morgan fingerprint density at radius 1 is 1.21 bits per heavy atom. The van der Waals surface area contributed by atoms with Gasteiger partial charge in [-0.1, -0.05) is 61.9 Å². The van der Waals surface area contributed by atoms with Crippen LogP contribution in [0.1, 0.15) is 78.1 Å². The first-order valence-corrected chi connectivity index (χ1v) is 15.0. The molecule has 1 aromatic carbocycles. The van der Waals surface area contributed by atoms with E-state index in [9.17, 15) is 9.32 Å². The Kier molecular flexibility index (Phi) is 7.89. The van der Waals surface area contributed by atoms with E-state index in [2.05, 4.69) is 32.6 Å². The quantitative estimate of drug-likeness (QED) is 0.419. The van der Waals surface area contributed by atoms with E-state index in [-0.39, 0.29) is 6.10 Å². The monoisotopic (exact) mass is 481 g/mol. The molecule has 1 unspecified atom stereocenters. The van der Waals surface area contributed by atoms with Gasteiger partial charge in [0.2, 0.25) is 0 Å². The molecule has 0 saturated heterocycles. The third kappa shape index (κ3) is 5.44. The minimum Gasteiger partial charge on any atom is -0.393 e. The van der Waals surface area contributed by atoms with Crippen molar-refractivity contribution in [2.75, 3.05) is 5.75 Å². The number of allylic oxidation sites excluding steroid dienone is 4. The van der Waals surface area contributed by atoms with Gasteiger partial charge in [0.1, 0.15) is 0 Å². The highest BCUT2D eigenvalue weighted by atomic mass is 32.2. The van der Waals surface area contributed by atoms with Crippen LogP contribution in [0.2, 0.25) is 0 Å². The lowest BCUT2D eigenvalue weighted by Gasteiger charge is -2.44. The standard InChI is InChI=1S/C30H43NO2S/c1-22-13-16-26(32)21-25(22)15-14-24-10-7-19-30(3)28(17-18-29(24)30)23(2)9-8-20-34(31,33)27-11-5-4-6-12-27/h4-6,11-12,14-15,23,26,28-29,31-32H,1,7-10,13,16-21H2,2-3H3/b24-14+,25-15-/t23-,26+,28-,29+,30-,34?/m1/s1. The smallest absolute Gasteiger partial charge is 0.0726 e. The third-order valence-electron chi connectivity index (χ3n) is 9.13. The second-order valence-electron chi connectivity index (χ2n) is 11.3. The minimum absolute atomic E-state index is 0.219. The van der Waals surface area contributed by atoms with Gasteiger partial charge in [-0.15, -0.1) is 0 Å². The summed E-state index contributed by atoms with van der Waals surface area (Å²) in [7, 11) is -2.69. The molecule has 0 heterocycles. The molecule has 3 nitrogen and oxygen atoms in total. The Morgan fingerprint density at radius 2 is 1.97 bits per heavy atom. The predicted octanol–water partition coefficient (Wildman–Crippen LogP) is 7.68. The lowest BCUT2D eigenvalue weighted by molar-refractivity contribution is 0.0941.